The van der Waals surface area contributed by atoms with E-state index in [2.05, 4.69) is 59.4 Å². The Hall–Kier alpha value is -3.26. The lowest BCUT2D eigenvalue weighted by Gasteiger charge is -2.10. The van der Waals surface area contributed by atoms with E-state index < -0.39 is 0 Å². The van der Waals surface area contributed by atoms with Crippen LogP contribution < -0.4 is 0 Å². The first-order valence-electron chi connectivity index (χ1n) is 8.91. The van der Waals surface area contributed by atoms with Crippen LogP contribution in [0.3, 0.4) is 0 Å². The fourth-order valence-electron chi connectivity index (χ4n) is 3.09. The highest BCUT2D eigenvalue weighted by atomic mass is 14.7. The van der Waals surface area contributed by atoms with Crippen molar-refractivity contribution in [3.63, 3.8) is 0 Å². The van der Waals surface area contributed by atoms with E-state index in [-0.39, 0.29) is 0 Å². The first kappa shape index (κ1) is 16.2. The van der Waals surface area contributed by atoms with E-state index in [0.29, 0.717) is 0 Å². The van der Waals surface area contributed by atoms with Crippen LogP contribution in [-0.2, 0) is 6.42 Å². The summed E-state index contributed by atoms with van der Waals surface area (Å²) < 4.78 is 0. The zero-order valence-electron chi connectivity index (χ0n) is 14.8. The van der Waals surface area contributed by atoms with E-state index in [1.165, 1.54) is 16.7 Å². The summed E-state index contributed by atoms with van der Waals surface area (Å²) in [5, 5.41) is 0. The molecule has 2 heteroatoms. The molecule has 4 rings (SSSR count). The van der Waals surface area contributed by atoms with Crippen molar-refractivity contribution in [3.05, 3.63) is 96.8 Å². The van der Waals surface area contributed by atoms with Crippen molar-refractivity contribution < 1.29 is 0 Å². The third-order valence-corrected chi connectivity index (χ3v) is 4.55. The number of hydrogen-bond donors (Lipinski definition) is 0. The van der Waals surface area contributed by atoms with E-state index in [4.69, 9.17) is 0 Å². The minimum absolute atomic E-state index is 0.969. The van der Waals surface area contributed by atoms with Crippen LogP contribution in [0.25, 0.3) is 33.6 Å². The summed E-state index contributed by atoms with van der Waals surface area (Å²) >= 11 is 0. The van der Waals surface area contributed by atoms with Gasteiger partial charge < -0.3 is 0 Å². The molecule has 26 heavy (non-hydrogen) atoms. The Morgan fingerprint density at radius 1 is 0.577 bits per heavy atom. The Morgan fingerprint density at radius 3 is 1.58 bits per heavy atom. The van der Waals surface area contributed by atoms with E-state index in [1.807, 2.05) is 48.8 Å². The number of hydrogen-bond acceptors (Lipinski definition) is 2. The first-order chi connectivity index (χ1) is 12.8. The van der Waals surface area contributed by atoms with Crippen LogP contribution in [-0.4, -0.2) is 9.97 Å². The molecule has 2 aromatic heterocycles. The van der Waals surface area contributed by atoms with Crippen LogP contribution in [0.5, 0.6) is 0 Å². The third kappa shape index (κ3) is 3.40. The summed E-state index contributed by atoms with van der Waals surface area (Å²) in [7, 11) is 0. The lowest BCUT2D eigenvalue weighted by molar-refractivity contribution is 1.14. The van der Waals surface area contributed by atoms with Gasteiger partial charge in [-0.15, -0.1) is 0 Å². The molecule has 0 N–H and O–H groups in total. The fraction of sp³-hybridized carbons (Fsp3) is 0.0833. The SMILES string of the molecule is CCc1ccc(-c2cc(-c3ccccn3)cc(-c3ccccn3)c2)cc1. The Bertz CT molecular complexity index is 934. The highest BCUT2D eigenvalue weighted by Crippen LogP contribution is 2.31. The molecule has 0 aliphatic carbocycles. The molecular formula is C24H20N2. The maximum Gasteiger partial charge on any atom is 0.0702 e. The first-order valence-corrected chi connectivity index (χ1v) is 8.91. The molecular weight excluding hydrogens is 316 g/mol. The molecule has 0 fully saturated rings. The topological polar surface area (TPSA) is 25.8 Å². The van der Waals surface area contributed by atoms with Crippen molar-refractivity contribution in [2.45, 2.75) is 13.3 Å². The number of rotatable bonds is 4. The highest BCUT2D eigenvalue weighted by Gasteiger charge is 2.08. The van der Waals surface area contributed by atoms with Crippen molar-refractivity contribution in [2.75, 3.05) is 0 Å². The second-order valence-electron chi connectivity index (χ2n) is 6.28. The summed E-state index contributed by atoms with van der Waals surface area (Å²) in [5.41, 5.74) is 7.87. The predicted molar refractivity (Wildman–Crippen MR) is 108 cm³/mol. The summed E-state index contributed by atoms with van der Waals surface area (Å²) in [5.74, 6) is 0. The normalized spacial score (nSPS) is 10.7. The number of benzene rings is 2. The summed E-state index contributed by atoms with van der Waals surface area (Å²) in [6.45, 7) is 2.18. The minimum Gasteiger partial charge on any atom is -0.256 e. The fourth-order valence-corrected chi connectivity index (χ4v) is 3.09. The molecule has 2 nitrogen and oxygen atoms in total. The van der Waals surface area contributed by atoms with Crippen molar-refractivity contribution >= 4 is 0 Å². The van der Waals surface area contributed by atoms with Gasteiger partial charge in [0.1, 0.15) is 0 Å². The van der Waals surface area contributed by atoms with E-state index in [1.54, 1.807) is 0 Å². The van der Waals surface area contributed by atoms with Gasteiger partial charge in [-0.05, 0) is 65.6 Å². The molecule has 2 aromatic carbocycles. The monoisotopic (exact) mass is 336 g/mol. The molecule has 2 heterocycles. The van der Waals surface area contributed by atoms with Gasteiger partial charge in [-0.2, -0.15) is 0 Å². The van der Waals surface area contributed by atoms with Gasteiger partial charge in [0.05, 0.1) is 11.4 Å². The summed E-state index contributed by atoms with van der Waals surface area (Å²) in [6.07, 6.45) is 4.71. The second kappa shape index (κ2) is 7.32. The Labute approximate surface area is 154 Å². The lowest BCUT2D eigenvalue weighted by Crippen LogP contribution is -1.89. The Morgan fingerprint density at radius 2 is 1.12 bits per heavy atom. The van der Waals surface area contributed by atoms with E-state index in [0.717, 1.165) is 28.9 Å². The van der Waals surface area contributed by atoms with Crippen LogP contribution in [0, 0.1) is 0 Å². The summed E-state index contributed by atoms with van der Waals surface area (Å²) in [4.78, 5) is 9.05. The smallest absolute Gasteiger partial charge is 0.0702 e. The number of pyridine rings is 2. The van der Waals surface area contributed by atoms with E-state index in [9.17, 15) is 0 Å². The van der Waals surface area contributed by atoms with Crippen LogP contribution in [0.2, 0.25) is 0 Å². The number of nitrogens with zero attached hydrogens (tertiary/aromatic N) is 2. The number of aryl methyl sites for hydroxylation is 1. The zero-order valence-corrected chi connectivity index (χ0v) is 14.8. The minimum atomic E-state index is 0.969. The zero-order chi connectivity index (χ0) is 17.8. The Kier molecular flexibility index (Phi) is 4.57. The molecule has 0 spiro atoms. The largest absolute Gasteiger partial charge is 0.256 e. The molecule has 126 valence electrons. The quantitative estimate of drug-likeness (QED) is 0.454. The highest BCUT2D eigenvalue weighted by molar-refractivity contribution is 5.79. The molecule has 0 aliphatic heterocycles. The van der Waals surface area contributed by atoms with Crippen molar-refractivity contribution in [1.82, 2.24) is 9.97 Å². The van der Waals surface area contributed by atoms with Gasteiger partial charge in [0, 0.05) is 23.5 Å². The summed E-state index contributed by atoms with van der Waals surface area (Å²) in [6, 6.07) is 27.4. The average molecular weight is 336 g/mol. The molecule has 0 atom stereocenters. The molecule has 4 aromatic rings. The average Bonchev–Trinajstić information content (AvgIpc) is 2.75. The van der Waals surface area contributed by atoms with Gasteiger partial charge in [0.2, 0.25) is 0 Å². The molecule has 0 saturated carbocycles. The van der Waals surface area contributed by atoms with Crippen LogP contribution in [0.1, 0.15) is 12.5 Å². The molecule has 0 saturated heterocycles. The maximum atomic E-state index is 4.53. The molecule has 0 unspecified atom stereocenters. The maximum absolute atomic E-state index is 4.53. The molecule has 0 radical (unpaired) electrons. The van der Waals surface area contributed by atoms with Gasteiger partial charge in [0.25, 0.3) is 0 Å². The third-order valence-electron chi connectivity index (χ3n) is 4.55. The van der Waals surface area contributed by atoms with Gasteiger partial charge in [-0.1, -0.05) is 43.3 Å². The van der Waals surface area contributed by atoms with Crippen LogP contribution >= 0.6 is 0 Å². The second-order valence-corrected chi connectivity index (χ2v) is 6.28. The predicted octanol–water partition coefficient (Wildman–Crippen LogP) is 6.04. The van der Waals surface area contributed by atoms with Gasteiger partial charge in [-0.25, -0.2) is 0 Å². The van der Waals surface area contributed by atoms with Crippen molar-refractivity contribution in [2.24, 2.45) is 0 Å². The molecule has 0 amide bonds. The van der Waals surface area contributed by atoms with E-state index >= 15 is 0 Å². The van der Waals surface area contributed by atoms with Crippen LogP contribution in [0.15, 0.2) is 91.3 Å². The van der Waals surface area contributed by atoms with Gasteiger partial charge in [-0.3, -0.25) is 9.97 Å². The van der Waals surface area contributed by atoms with Crippen LogP contribution in [0.4, 0.5) is 0 Å². The standard InChI is InChI=1S/C24H20N2/c1-2-18-9-11-19(12-10-18)20-15-21(23-7-3-5-13-25-23)17-22(16-20)24-8-4-6-14-26-24/h3-17H,2H2,1H3. The van der Waals surface area contributed by atoms with Gasteiger partial charge in [0.15, 0.2) is 0 Å². The number of aromatic nitrogens is 2. The Balaban J connectivity index is 1.87. The van der Waals surface area contributed by atoms with Crippen molar-refractivity contribution in [1.29, 1.82) is 0 Å². The van der Waals surface area contributed by atoms with Crippen molar-refractivity contribution in [3.8, 4) is 33.6 Å². The lowest BCUT2D eigenvalue weighted by atomic mass is 9.96. The van der Waals surface area contributed by atoms with Gasteiger partial charge >= 0.3 is 0 Å². The molecule has 0 bridgehead atoms. The molecule has 0 aliphatic rings.